The van der Waals surface area contributed by atoms with Gasteiger partial charge in [0, 0.05) is 6.04 Å². The predicted molar refractivity (Wildman–Crippen MR) is 113 cm³/mol. The summed E-state index contributed by atoms with van der Waals surface area (Å²) < 4.78 is 5.64. The van der Waals surface area contributed by atoms with Gasteiger partial charge in [0.15, 0.2) is 0 Å². The summed E-state index contributed by atoms with van der Waals surface area (Å²) in [5.74, 6) is -0.772. The van der Waals surface area contributed by atoms with Crippen LogP contribution in [0.3, 0.4) is 0 Å². The number of nitrogens with one attached hydrogen (secondary N) is 1. The van der Waals surface area contributed by atoms with Gasteiger partial charge in [0.05, 0.1) is 0 Å². The zero-order valence-electron chi connectivity index (χ0n) is 19.1. The molecule has 0 unspecified atom stereocenters. The van der Waals surface area contributed by atoms with E-state index in [0.29, 0.717) is 19.3 Å². The number of rotatable bonds is 3. The quantitative estimate of drug-likeness (QED) is 0.545. The summed E-state index contributed by atoms with van der Waals surface area (Å²) in [6.45, 7) is 7.05. The average molecular weight is 434 g/mol. The molecule has 1 spiro atoms. The van der Waals surface area contributed by atoms with Gasteiger partial charge < -0.3 is 15.0 Å². The molecule has 2 saturated carbocycles. The van der Waals surface area contributed by atoms with Crippen LogP contribution < -0.4 is 5.32 Å². The van der Waals surface area contributed by atoms with Crippen LogP contribution in [-0.2, 0) is 19.1 Å². The highest BCUT2D eigenvalue weighted by molar-refractivity contribution is 6.10. The van der Waals surface area contributed by atoms with E-state index in [1.807, 2.05) is 20.8 Å². The molecule has 0 bridgehead atoms. The third-order valence-corrected chi connectivity index (χ3v) is 7.42. The van der Waals surface area contributed by atoms with E-state index in [1.54, 1.807) is 11.8 Å². The van der Waals surface area contributed by atoms with Crippen molar-refractivity contribution >= 4 is 23.8 Å². The minimum atomic E-state index is -0.946. The molecule has 4 aliphatic rings. The largest absolute Gasteiger partial charge is 0.458 e. The van der Waals surface area contributed by atoms with E-state index in [1.165, 1.54) is 0 Å². The van der Waals surface area contributed by atoms with Crippen LogP contribution in [0.1, 0.15) is 85.5 Å². The molecule has 0 radical (unpaired) electrons. The lowest BCUT2D eigenvalue weighted by Gasteiger charge is -2.37. The molecule has 172 valence electrons. The molecule has 1 N–H and O–H groups in total. The number of hydrogen-bond acceptors (Lipinski definition) is 5. The molecule has 8 heteroatoms. The fourth-order valence-corrected chi connectivity index (χ4v) is 5.99. The molecule has 8 nitrogen and oxygen atoms in total. The molecule has 2 aliphatic heterocycles. The van der Waals surface area contributed by atoms with E-state index in [0.717, 1.165) is 43.4 Å². The summed E-state index contributed by atoms with van der Waals surface area (Å²) in [4.78, 5) is 55.4. The topological polar surface area (TPSA) is 96.0 Å². The molecule has 31 heavy (non-hydrogen) atoms. The first-order valence-corrected chi connectivity index (χ1v) is 11.7. The molecule has 0 aromatic carbocycles. The van der Waals surface area contributed by atoms with E-state index in [4.69, 9.17) is 4.74 Å². The van der Waals surface area contributed by atoms with Gasteiger partial charge >= 0.3 is 12.0 Å². The molecule has 0 aromatic heterocycles. The van der Waals surface area contributed by atoms with E-state index in [-0.39, 0.29) is 23.8 Å². The first-order valence-electron chi connectivity index (χ1n) is 11.7. The summed E-state index contributed by atoms with van der Waals surface area (Å²) in [6, 6.07) is -2.15. The SMILES string of the molecule is C[C@H](C(=O)N1[C@@H]2CCCC[C@@H]2C[C@H]1C(=O)OC(C)(C)C)N1C(=O)NC2(CCCC2)C1=O. The second-order valence-corrected chi connectivity index (χ2v) is 10.7. The predicted octanol–water partition coefficient (Wildman–Crippen LogP) is 2.74. The van der Waals surface area contributed by atoms with Crippen molar-refractivity contribution in [1.82, 2.24) is 15.1 Å². The van der Waals surface area contributed by atoms with Crippen molar-refractivity contribution in [3.63, 3.8) is 0 Å². The van der Waals surface area contributed by atoms with Gasteiger partial charge in [0.2, 0.25) is 5.91 Å². The van der Waals surface area contributed by atoms with E-state index >= 15 is 0 Å². The lowest BCUT2D eigenvalue weighted by molar-refractivity contribution is -0.165. The normalized spacial score (nSPS) is 31.0. The highest BCUT2D eigenvalue weighted by Crippen LogP contribution is 2.42. The summed E-state index contributed by atoms with van der Waals surface area (Å²) >= 11 is 0. The number of hydrogen-bond donors (Lipinski definition) is 1. The second kappa shape index (κ2) is 7.78. The minimum absolute atomic E-state index is 0.0394. The van der Waals surface area contributed by atoms with Gasteiger partial charge in [-0.05, 0) is 65.7 Å². The smallest absolute Gasteiger partial charge is 0.329 e. The number of nitrogens with zero attached hydrogens (tertiary/aromatic N) is 2. The highest BCUT2D eigenvalue weighted by Gasteiger charge is 2.57. The van der Waals surface area contributed by atoms with Gasteiger partial charge in [-0.15, -0.1) is 0 Å². The van der Waals surface area contributed by atoms with E-state index in [9.17, 15) is 19.2 Å². The van der Waals surface area contributed by atoms with Crippen LogP contribution in [0.4, 0.5) is 4.79 Å². The van der Waals surface area contributed by atoms with Crippen LogP contribution in [0.5, 0.6) is 0 Å². The van der Waals surface area contributed by atoms with Gasteiger partial charge in [-0.25, -0.2) is 14.5 Å². The zero-order valence-corrected chi connectivity index (χ0v) is 19.1. The Labute approximate surface area is 184 Å². The molecular formula is C23H35N3O5. The fraction of sp³-hybridized carbons (Fsp3) is 0.826. The second-order valence-electron chi connectivity index (χ2n) is 10.7. The van der Waals surface area contributed by atoms with Crippen LogP contribution in [0, 0.1) is 5.92 Å². The third-order valence-electron chi connectivity index (χ3n) is 7.42. The van der Waals surface area contributed by atoms with Crippen LogP contribution in [-0.4, -0.2) is 62.9 Å². The van der Waals surface area contributed by atoms with Crippen LogP contribution in [0.25, 0.3) is 0 Å². The number of fused-ring (bicyclic) bond motifs is 1. The molecule has 4 amide bonds. The highest BCUT2D eigenvalue weighted by atomic mass is 16.6. The van der Waals surface area contributed by atoms with Crippen LogP contribution >= 0.6 is 0 Å². The Bertz CT molecular complexity index is 783. The summed E-state index contributed by atoms with van der Waals surface area (Å²) in [6.07, 6.45) is 7.51. The number of amides is 4. The standard InChI is InChI=1S/C23H35N3O5/c1-14(25-20(29)23(24-21(25)30)11-7-8-12-23)18(27)26-16-10-6-5-9-15(16)13-17(26)19(28)31-22(2,3)4/h14-17H,5-13H2,1-4H3,(H,24,30)/t14-,15-,16-,17+/m1/s1. The molecule has 2 aliphatic carbocycles. The van der Waals surface area contributed by atoms with Crippen molar-refractivity contribution in [3.05, 3.63) is 0 Å². The zero-order chi connectivity index (χ0) is 22.6. The van der Waals surface area contributed by atoms with Crippen molar-refractivity contribution in [2.45, 2.75) is 115 Å². The Balaban J connectivity index is 1.58. The number of likely N-dealkylation sites (tertiary alicyclic amines) is 1. The van der Waals surface area contributed by atoms with Gasteiger partial charge in [0.25, 0.3) is 5.91 Å². The molecule has 2 heterocycles. The first kappa shape index (κ1) is 22.1. The monoisotopic (exact) mass is 433 g/mol. The molecule has 2 saturated heterocycles. The summed E-state index contributed by atoms with van der Waals surface area (Å²) in [7, 11) is 0. The Morgan fingerprint density at radius 3 is 2.39 bits per heavy atom. The van der Waals surface area contributed by atoms with E-state index < -0.39 is 35.2 Å². The number of urea groups is 1. The van der Waals surface area contributed by atoms with Gasteiger partial charge in [0.1, 0.15) is 23.2 Å². The van der Waals surface area contributed by atoms with Crippen LogP contribution in [0.2, 0.25) is 0 Å². The number of esters is 1. The molecule has 4 fully saturated rings. The Morgan fingerprint density at radius 2 is 1.74 bits per heavy atom. The summed E-state index contributed by atoms with van der Waals surface area (Å²) in [5.41, 5.74) is -1.50. The van der Waals surface area contributed by atoms with Crippen molar-refractivity contribution in [3.8, 4) is 0 Å². The number of carbonyl (C=O) groups excluding carboxylic acids is 4. The number of carbonyl (C=O) groups is 4. The van der Waals surface area contributed by atoms with Gasteiger partial charge in [-0.2, -0.15) is 0 Å². The number of ether oxygens (including phenoxy) is 1. The maximum atomic E-state index is 13.7. The van der Waals surface area contributed by atoms with Gasteiger partial charge in [-0.1, -0.05) is 25.7 Å². The van der Waals surface area contributed by atoms with Crippen molar-refractivity contribution in [2.24, 2.45) is 5.92 Å². The lowest BCUT2D eigenvalue weighted by atomic mass is 9.84. The number of imide groups is 1. The Hall–Kier alpha value is -2.12. The summed E-state index contributed by atoms with van der Waals surface area (Å²) in [5, 5.41) is 2.85. The van der Waals surface area contributed by atoms with Crippen LogP contribution in [0.15, 0.2) is 0 Å². The molecular weight excluding hydrogens is 398 g/mol. The van der Waals surface area contributed by atoms with Gasteiger partial charge in [-0.3, -0.25) is 9.59 Å². The fourth-order valence-electron chi connectivity index (χ4n) is 5.99. The molecule has 0 aromatic rings. The first-order chi connectivity index (χ1) is 14.5. The average Bonchev–Trinajstić information content (AvgIpc) is 3.36. The minimum Gasteiger partial charge on any atom is -0.458 e. The molecule has 4 rings (SSSR count). The molecule has 4 atom stereocenters. The lowest BCUT2D eigenvalue weighted by Crippen LogP contribution is -2.56. The maximum absolute atomic E-state index is 13.7. The third kappa shape index (κ3) is 3.82. The van der Waals surface area contributed by atoms with Crippen molar-refractivity contribution in [2.75, 3.05) is 0 Å². The van der Waals surface area contributed by atoms with E-state index in [2.05, 4.69) is 5.32 Å². The van der Waals surface area contributed by atoms with Crippen molar-refractivity contribution in [1.29, 1.82) is 0 Å². The Kier molecular flexibility index (Phi) is 5.54. The maximum Gasteiger partial charge on any atom is 0.329 e. The Morgan fingerprint density at radius 1 is 1.10 bits per heavy atom. The van der Waals surface area contributed by atoms with Crippen molar-refractivity contribution < 1.29 is 23.9 Å².